The molecule has 3 rings (SSSR count). The van der Waals surface area contributed by atoms with Gasteiger partial charge in [-0.15, -0.1) is 0 Å². The SMILES string of the molecule is CCCCNC(=O)C(C)N(Cc1ccc(Br)cc1)C(=O)CN(c1cc(C(F)(F)F)ccc1Cl)S(=O)(=O)c1ccccc1. The van der Waals surface area contributed by atoms with Crippen molar-refractivity contribution in [3.8, 4) is 0 Å². The van der Waals surface area contributed by atoms with Gasteiger partial charge in [-0.3, -0.25) is 13.9 Å². The molecule has 7 nitrogen and oxygen atoms in total. The fraction of sp³-hybridized carbons (Fsp3) is 0.310. The minimum Gasteiger partial charge on any atom is -0.354 e. The number of carbonyl (C=O) groups is 2. The van der Waals surface area contributed by atoms with Crippen LogP contribution in [0.15, 0.2) is 82.2 Å². The molecule has 1 atom stereocenters. The van der Waals surface area contributed by atoms with Crippen molar-refractivity contribution in [2.45, 2.75) is 50.3 Å². The molecule has 0 heterocycles. The smallest absolute Gasteiger partial charge is 0.354 e. The van der Waals surface area contributed by atoms with Gasteiger partial charge in [-0.05, 0) is 61.4 Å². The van der Waals surface area contributed by atoms with Crippen LogP contribution < -0.4 is 9.62 Å². The van der Waals surface area contributed by atoms with E-state index in [0.717, 1.165) is 29.4 Å². The summed E-state index contributed by atoms with van der Waals surface area (Å²) in [5.41, 5.74) is -1.01. The molecule has 226 valence electrons. The van der Waals surface area contributed by atoms with Crippen LogP contribution >= 0.6 is 27.5 Å². The molecular weight excluding hydrogens is 659 g/mol. The first kappa shape index (κ1) is 33.4. The van der Waals surface area contributed by atoms with Crippen molar-refractivity contribution in [1.29, 1.82) is 0 Å². The van der Waals surface area contributed by atoms with E-state index in [-0.39, 0.29) is 16.5 Å². The molecule has 0 saturated carbocycles. The fourth-order valence-electron chi connectivity index (χ4n) is 4.02. The van der Waals surface area contributed by atoms with Gasteiger partial charge in [-0.2, -0.15) is 13.2 Å². The van der Waals surface area contributed by atoms with Gasteiger partial charge in [0, 0.05) is 17.6 Å². The summed E-state index contributed by atoms with van der Waals surface area (Å²) in [7, 11) is -4.58. The lowest BCUT2D eigenvalue weighted by atomic mass is 10.1. The van der Waals surface area contributed by atoms with E-state index in [1.165, 1.54) is 36.1 Å². The molecule has 0 fully saturated rings. The molecule has 0 bridgehead atoms. The van der Waals surface area contributed by atoms with Crippen LogP contribution in [0.1, 0.15) is 37.8 Å². The van der Waals surface area contributed by atoms with E-state index in [1.807, 2.05) is 6.92 Å². The molecule has 13 heteroatoms. The molecule has 1 unspecified atom stereocenters. The summed E-state index contributed by atoms with van der Waals surface area (Å²) in [6.45, 7) is 2.87. The monoisotopic (exact) mass is 687 g/mol. The first-order valence-corrected chi connectivity index (χ1v) is 15.6. The third kappa shape index (κ3) is 8.48. The summed E-state index contributed by atoms with van der Waals surface area (Å²) in [6, 6.07) is 15.2. The Morgan fingerprint density at radius 2 is 1.67 bits per heavy atom. The summed E-state index contributed by atoms with van der Waals surface area (Å²) in [5.74, 6) is -1.27. The highest BCUT2D eigenvalue weighted by Gasteiger charge is 2.36. The zero-order valence-electron chi connectivity index (χ0n) is 22.9. The highest BCUT2D eigenvalue weighted by atomic mass is 79.9. The van der Waals surface area contributed by atoms with Crippen LogP contribution in [0.2, 0.25) is 5.02 Å². The van der Waals surface area contributed by atoms with Gasteiger partial charge in [0.15, 0.2) is 0 Å². The Morgan fingerprint density at radius 3 is 2.26 bits per heavy atom. The Kier molecular flexibility index (Phi) is 11.4. The summed E-state index contributed by atoms with van der Waals surface area (Å²) < 4.78 is 69.9. The number of sulfonamides is 1. The van der Waals surface area contributed by atoms with Crippen molar-refractivity contribution in [3.63, 3.8) is 0 Å². The molecule has 0 aliphatic heterocycles. The molecule has 0 radical (unpaired) electrons. The van der Waals surface area contributed by atoms with Crippen molar-refractivity contribution in [3.05, 3.63) is 93.4 Å². The second-order valence-corrected chi connectivity index (χ2v) is 12.6. The predicted molar refractivity (Wildman–Crippen MR) is 159 cm³/mol. The van der Waals surface area contributed by atoms with Gasteiger partial charge < -0.3 is 10.2 Å². The van der Waals surface area contributed by atoms with Crippen molar-refractivity contribution in [2.75, 3.05) is 17.4 Å². The van der Waals surface area contributed by atoms with Crippen molar-refractivity contribution in [1.82, 2.24) is 10.2 Å². The average Bonchev–Trinajstić information content (AvgIpc) is 2.95. The highest BCUT2D eigenvalue weighted by Crippen LogP contribution is 2.37. The standard InChI is InChI=1S/C29H30BrClF3N3O4S/c1-3-4-16-35-28(39)20(2)36(18-21-10-13-23(30)14-11-21)27(38)19-37(42(40,41)24-8-6-5-7-9-24)26-17-22(29(32,33)34)12-15-25(26)31/h5-15,17,20H,3-4,16,18-19H2,1-2H3,(H,35,39). The molecule has 0 saturated heterocycles. The number of unbranched alkanes of at least 4 members (excludes halogenated alkanes) is 1. The summed E-state index contributed by atoms with van der Waals surface area (Å²) in [4.78, 5) is 27.9. The van der Waals surface area contributed by atoms with Crippen LogP contribution in [-0.4, -0.2) is 44.3 Å². The molecule has 1 N–H and O–H groups in total. The first-order valence-electron chi connectivity index (χ1n) is 13.0. The van der Waals surface area contributed by atoms with E-state index in [0.29, 0.717) is 22.5 Å². The highest BCUT2D eigenvalue weighted by molar-refractivity contribution is 9.10. The quantitative estimate of drug-likeness (QED) is 0.216. The largest absolute Gasteiger partial charge is 0.416 e. The third-order valence-corrected chi connectivity index (χ3v) is 9.04. The second-order valence-electron chi connectivity index (χ2n) is 9.46. The molecule has 3 aromatic carbocycles. The zero-order valence-corrected chi connectivity index (χ0v) is 26.0. The molecule has 0 aliphatic carbocycles. The number of alkyl halides is 3. The maximum Gasteiger partial charge on any atom is 0.416 e. The Balaban J connectivity index is 2.09. The predicted octanol–water partition coefficient (Wildman–Crippen LogP) is 6.65. The topological polar surface area (TPSA) is 86.8 Å². The van der Waals surface area contributed by atoms with E-state index in [4.69, 9.17) is 11.6 Å². The van der Waals surface area contributed by atoms with Gasteiger partial charge in [-0.25, -0.2) is 8.42 Å². The second kappa shape index (κ2) is 14.4. The maximum absolute atomic E-state index is 13.9. The maximum atomic E-state index is 13.9. The van der Waals surface area contributed by atoms with Gasteiger partial charge >= 0.3 is 6.18 Å². The minimum atomic E-state index is -4.80. The van der Waals surface area contributed by atoms with E-state index < -0.39 is 51.9 Å². The Labute approximate surface area is 256 Å². The van der Waals surface area contributed by atoms with Crippen LogP contribution in [0.5, 0.6) is 0 Å². The molecule has 42 heavy (non-hydrogen) atoms. The Morgan fingerprint density at radius 1 is 1.02 bits per heavy atom. The van der Waals surface area contributed by atoms with Crippen molar-refractivity contribution < 1.29 is 31.2 Å². The molecule has 0 aromatic heterocycles. The summed E-state index contributed by atoms with van der Waals surface area (Å²) >= 11 is 9.61. The number of hydrogen-bond acceptors (Lipinski definition) is 4. The van der Waals surface area contributed by atoms with E-state index in [9.17, 15) is 31.2 Å². The fourth-order valence-corrected chi connectivity index (χ4v) is 6.00. The number of rotatable bonds is 12. The summed E-state index contributed by atoms with van der Waals surface area (Å²) in [6.07, 6.45) is -3.25. The molecular formula is C29H30BrClF3N3O4S. The van der Waals surface area contributed by atoms with Crippen LogP contribution in [-0.2, 0) is 32.3 Å². The third-order valence-electron chi connectivity index (χ3n) is 6.42. The van der Waals surface area contributed by atoms with Crippen molar-refractivity contribution in [2.24, 2.45) is 0 Å². The number of benzene rings is 3. The number of halogens is 5. The molecule has 0 spiro atoms. The molecule has 2 amide bonds. The number of carbonyl (C=O) groups excluding carboxylic acids is 2. The lowest BCUT2D eigenvalue weighted by Gasteiger charge is -2.32. The molecule has 0 aliphatic rings. The zero-order chi connectivity index (χ0) is 31.1. The Bertz CT molecular complexity index is 1490. The van der Waals surface area contributed by atoms with Crippen LogP contribution in [0, 0.1) is 0 Å². The van der Waals surface area contributed by atoms with Gasteiger partial charge in [-0.1, -0.05) is 71.2 Å². The van der Waals surface area contributed by atoms with Crippen molar-refractivity contribution >= 4 is 55.1 Å². The van der Waals surface area contributed by atoms with E-state index >= 15 is 0 Å². The van der Waals surface area contributed by atoms with Gasteiger partial charge in [0.05, 0.1) is 21.2 Å². The molecule has 3 aromatic rings. The van der Waals surface area contributed by atoms with Crippen LogP contribution in [0.3, 0.4) is 0 Å². The van der Waals surface area contributed by atoms with Gasteiger partial charge in [0.2, 0.25) is 11.8 Å². The number of nitrogens with one attached hydrogen (secondary N) is 1. The number of amides is 2. The first-order chi connectivity index (χ1) is 19.8. The Hall–Kier alpha value is -3.09. The minimum absolute atomic E-state index is 0.0655. The number of hydrogen-bond donors (Lipinski definition) is 1. The lowest BCUT2D eigenvalue weighted by Crippen LogP contribution is -2.51. The van der Waals surface area contributed by atoms with Crippen LogP contribution in [0.25, 0.3) is 0 Å². The lowest BCUT2D eigenvalue weighted by molar-refractivity contribution is -0.139. The number of nitrogens with zero attached hydrogens (tertiary/aromatic N) is 2. The normalized spacial score (nSPS) is 12.5. The van der Waals surface area contributed by atoms with E-state index in [2.05, 4.69) is 21.2 Å². The van der Waals surface area contributed by atoms with Crippen LogP contribution in [0.4, 0.5) is 18.9 Å². The number of anilines is 1. The summed E-state index contributed by atoms with van der Waals surface area (Å²) in [5, 5.41) is 2.46. The van der Waals surface area contributed by atoms with E-state index in [1.54, 1.807) is 30.3 Å². The van der Waals surface area contributed by atoms with Gasteiger partial charge in [0.25, 0.3) is 10.0 Å². The average molecular weight is 689 g/mol. The van der Waals surface area contributed by atoms with Gasteiger partial charge in [0.1, 0.15) is 12.6 Å².